The monoisotopic (exact) mass is 404 g/mol. The van der Waals surface area contributed by atoms with Crippen molar-refractivity contribution in [1.29, 1.82) is 0 Å². The first-order valence-electron chi connectivity index (χ1n) is 9.27. The number of hydrogen-bond donors (Lipinski definition) is 3. The normalized spacial score (nSPS) is 13.9. The SMILES string of the molecule is Cc1ccc(S(=O)(=O)N[C@@H](Cc2ccccc2)C(=O)N[C@H](CO)C(C)C)cc1. The highest BCUT2D eigenvalue weighted by atomic mass is 32.2. The minimum Gasteiger partial charge on any atom is -0.394 e. The summed E-state index contributed by atoms with van der Waals surface area (Å²) in [6.07, 6.45) is 0.202. The molecule has 3 N–H and O–H groups in total. The van der Waals surface area contributed by atoms with E-state index in [4.69, 9.17) is 0 Å². The molecular weight excluding hydrogens is 376 g/mol. The van der Waals surface area contributed by atoms with Gasteiger partial charge in [0.15, 0.2) is 0 Å². The van der Waals surface area contributed by atoms with Crippen molar-refractivity contribution in [1.82, 2.24) is 10.0 Å². The Labute approximate surface area is 167 Å². The van der Waals surface area contributed by atoms with Crippen LogP contribution in [0.4, 0.5) is 0 Å². The van der Waals surface area contributed by atoms with Crippen molar-refractivity contribution < 1.29 is 18.3 Å². The quantitative estimate of drug-likeness (QED) is 0.596. The van der Waals surface area contributed by atoms with E-state index in [1.54, 1.807) is 12.1 Å². The molecule has 0 aliphatic carbocycles. The van der Waals surface area contributed by atoms with Gasteiger partial charge in [0.1, 0.15) is 6.04 Å². The minimum absolute atomic E-state index is 0.0139. The molecule has 0 aliphatic rings. The number of aryl methyl sites for hydroxylation is 1. The van der Waals surface area contributed by atoms with Crippen molar-refractivity contribution in [3.05, 3.63) is 65.7 Å². The number of nitrogens with one attached hydrogen (secondary N) is 2. The van der Waals surface area contributed by atoms with Gasteiger partial charge in [0.25, 0.3) is 0 Å². The zero-order chi connectivity index (χ0) is 20.7. The number of sulfonamides is 1. The highest BCUT2D eigenvalue weighted by Gasteiger charge is 2.28. The van der Waals surface area contributed by atoms with Gasteiger partial charge in [0, 0.05) is 0 Å². The summed E-state index contributed by atoms with van der Waals surface area (Å²) in [7, 11) is -3.88. The number of benzene rings is 2. The first-order chi connectivity index (χ1) is 13.2. The molecule has 0 radical (unpaired) electrons. The number of aliphatic hydroxyl groups is 1. The van der Waals surface area contributed by atoms with Crippen LogP contribution in [0.15, 0.2) is 59.5 Å². The van der Waals surface area contributed by atoms with E-state index >= 15 is 0 Å². The van der Waals surface area contributed by atoms with E-state index in [9.17, 15) is 18.3 Å². The van der Waals surface area contributed by atoms with Gasteiger partial charge < -0.3 is 10.4 Å². The number of rotatable bonds is 9. The van der Waals surface area contributed by atoms with Crippen LogP contribution in [0.25, 0.3) is 0 Å². The summed E-state index contributed by atoms with van der Waals surface area (Å²) < 4.78 is 28.1. The third-order valence-electron chi connectivity index (χ3n) is 4.56. The Morgan fingerprint density at radius 1 is 1.04 bits per heavy atom. The predicted molar refractivity (Wildman–Crippen MR) is 109 cm³/mol. The van der Waals surface area contributed by atoms with Crippen molar-refractivity contribution in [2.45, 2.75) is 44.2 Å². The lowest BCUT2D eigenvalue weighted by Gasteiger charge is -2.24. The summed E-state index contributed by atoms with van der Waals surface area (Å²) in [5, 5.41) is 12.3. The molecule has 6 nitrogen and oxygen atoms in total. The molecule has 0 saturated heterocycles. The van der Waals surface area contributed by atoms with Gasteiger partial charge in [-0.3, -0.25) is 4.79 Å². The molecule has 0 aromatic heterocycles. The van der Waals surface area contributed by atoms with Gasteiger partial charge in [0.2, 0.25) is 15.9 Å². The second-order valence-electron chi connectivity index (χ2n) is 7.22. The highest BCUT2D eigenvalue weighted by molar-refractivity contribution is 7.89. The van der Waals surface area contributed by atoms with Crippen LogP contribution in [0.5, 0.6) is 0 Å². The lowest BCUT2D eigenvalue weighted by molar-refractivity contribution is -0.124. The summed E-state index contributed by atoms with van der Waals surface area (Å²) in [6, 6.07) is 14.2. The van der Waals surface area contributed by atoms with Crippen LogP contribution < -0.4 is 10.0 Å². The molecule has 2 rings (SSSR count). The summed E-state index contributed by atoms with van der Waals surface area (Å²) in [4.78, 5) is 12.9. The smallest absolute Gasteiger partial charge is 0.241 e. The van der Waals surface area contributed by atoms with Gasteiger partial charge in [-0.25, -0.2) is 8.42 Å². The van der Waals surface area contributed by atoms with E-state index in [0.29, 0.717) is 0 Å². The van der Waals surface area contributed by atoms with Crippen molar-refractivity contribution >= 4 is 15.9 Å². The van der Waals surface area contributed by atoms with Gasteiger partial charge in [-0.2, -0.15) is 4.72 Å². The average Bonchev–Trinajstić information content (AvgIpc) is 2.66. The number of amides is 1. The first-order valence-corrected chi connectivity index (χ1v) is 10.8. The molecule has 0 spiro atoms. The van der Waals surface area contributed by atoms with Gasteiger partial charge in [-0.05, 0) is 37.0 Å². The van der Waals surface area contributed by atoms with Crippen LogP contribution in [-0.4, -0.2) is 38.1 Å². The molecule has 0 heterocycles. The van der Waals surface area contributed by atoms with Crippen LogP contribution in [-0.2, 0) is 21.2 Å². The van der Waals surface area contributed by atoms with E-state index in [-0.39, 0.29) is 23.8 Å². The third-order valence-corrected chi connectivity index (χ3v) is 6.04. The first kappa shape index (κ1) is 22.1. The van der Waals surface area contributed by atoms with Crippen LogP contribution >= 0.6 is 0 Å². The standard InChI is InChI=1S/C21H28N2O4S/c1-15(2)20(14-24)22-21(25)19(13-17-7-5-4-6-8-17)23-28(26,27)18-11-9-16(3)10-12-18/h4-12,15,19-20,23-24H,13-14H2,1-3H3,(H,22,25)/t19-,20+/m0/s1. The van der Waals surface area contributed by atoms with Gasteiger partial charge in [-0.1, -0.05) is 61.9 Å². The molecule has 1 amide bonds. The summed E-state index contributed by atoms with van der Waals surface area (Å²) >= 11 is 0. The van der Waals surface area contributed by atoms with E-state index in [1.165, 1.54) is 12.1 Å². The van der Waals surface area contributed by atoms with Gasteiger partial charge in [-0.15, -0.1) is 0 Å². The molecule has 0 aliphatic heterocycles. The fourth-order valence-corrected chi connectivity index (χ4v) is 3.91. The zero-order valence-electron chi connectivity index (χ0n) is 16.4. The molecule has 2 aromatic rings. The second-order valence-corrected chi connectivity index (χ2v) is 8.93. The van der Waals surface area contributed by atoms with E-state index < -0.39 is 28.0 Å². The zero-order valence-corrected chi connectivity index (χ0v) is 17.2. The Hall–Kier alpha value is -2.22. The topological polar surface area (TPSA) is 95.5 Å². The number of aliphatic hydroxyl groups excluding tert-OH is 1. The Morgan fingerprint density at radius 3 is 2.18 bits per heavy atom. The summed E-state index contributed by atoms with van der Waals surface area (Å²) in [5.74, 6) is -0.452. The van der Waals surface area contributed by atoms with E-state index in [0.717, 1.165) is 11.1 Å². The lowest BCUT2D eigenvalue weighted by atomic mass is 10.0. The molecule has 7 heteroatoms. The second kappa shape index (κ2) is 9.82. The summed E-state index contributed by atoms with van der Waals surface area (Å²) in [6.45, 7) is 5.41. The lowest BCUT2D eigenvalue weighted by Crippen LogP contribution is -2.52. The molecule has 0 bridgehead atoms. The van der Waals surface area contributed by atoms with Crippen LogP contribution in [0.2, 0.25) is 0 Å². The number of carbonyl (C=O) groups is 1. The Morgan fingerprint density at radius 2 is 1.64 bits per heavy atom. The maximum absolute atomic E-state index is 12.8. The molecule has 0 fully saturated rings. The van der Waals surface area contributed by atoms with Crippen molar-refractivity contribution in [2.75, 3.05) is 6.61 Å². The molecule has 2 aromatic carbocycles. The third kappa shape index (κ3) is 6.15. The molecule has 0 unspecified atom stereocenters. The predicted octanol–water partition coefficient (Wildman–Crippen LogP) is 2.02. The number of carbonyl (C=O) groups excluding carboxylic acids is 1. The van der Waals surface area contributed by atoms with Crippen LogP contribution in [0.1, 0.15) is 25.0 Å². The Kier molecular flexibility index (Phi) is 7.74. The van der Waals surface area contributed by atoms with Crippen molar-refractivity contribution in [2.24, 2.45) is 5.92 Å². The number of hydrogen-bond acceptors (Lipinski definition) is 4. The van der Waals surface area contributed by atoms with Crippen molar-refractivity contribution in [3.8, 4) is 0 Å². The van der Waals surface area contributed by atoms with Crippen LogP contribution in [0.3, 0.4) is 0 Å². The van der Waals surface area contributed by atoms with Crippen LogP contribution in [0, 0.1) is 12.8 Å². The Bertz CT molecular complexity index is 865. The molecule has 28 heavy (non-hydrogen) atoms. The van der Waals surface area contributed by atoms with E-state index in [1.807, 2.05) is 51.1 Å². The highest BCUT2D eigenvalue weighted by Crippen LogP contribution is 2.13. The molecule has 152 valence electrons. The maximum Gasteiger partial charge on any atom is 0.241 e. The van der Waals surface area contributed by atoms with Crippen molar-refractivity contribution in [3.63, 3.8) is 0 Å². The fourth-order valence-electron chi connectivity index (χ4n) is 2.72. The molecular formula is C21H28N2O4S. The maximum atomic E-state index is 12.8. The largest absolute Gasteiger partial charge is 0.394 e. The summed E-state index contributed by atoms with van der Waals surface area (Å²) in [5.41, 5.74) is 1.78. The molecule has 0 saturated carbocycles. The fraction of sp³-hybridized carbons (Fsp3) is 0.381. The Balaban J connectivity index is 2.26. The van der Waals surface area contributed by atoms with Gasteiger partial charge >= 0.3 is 0 Å². The molecule has 2 atom stereocenters. The van der Waals surface area contributed by atoms with E-state index in [2.05, 4.69) is 10.0 Å². The van der Waals surface area contributed by atoms with Gasteiger partial charge in [0.05, 0.1) is 17.5 Å². The average molecular weight is 405 g/mol. The minimum atomic E-state index is -3.88.